The van der Waals surface area contributed by atoms with Gasteiger partial charge < -0.3 is 14.4 Å². The first-order chi connectivity index (χ1) is 12.1. The highest BCUT2D eigenvalue weighted by Crippen LogP contribution is 2.30. The molecule has 2 amide bonds. The summed E-state index contributed by atoms with van der Waals surface area (Å²) in [5.74, 6) is -0.427. The maximum Gasteiger partial charge on any atom is 0.326 e. The van der Waals surface area contributed by atoms with E-state index < -0.39 is 5.97 Å². The number of amides is 2. The van der Waals surface area contributed by atoms with Gasteiger partial charge in [0, 0.05) is 13.1 Å². The molecular weight excluding hydrogens is 324 g/mol. The number of nitrogens with zero attached hydrogens (tertiary/aromatic N) is 2. The molecule has 2 aliphatic rings. The van der Waals surface area contributed by atoms with Crippen LogP contribution in [0.5, 0.6) is 5.75 Å². The van der Waals surface area contributed by atoms with Gasteiger partial charge in [0.2, 0.25) is 5.91 Å². The van der Waals surface area contributed by atoms with Crippen LogP contribution in [0, 0.1) is 0 Å². The quantitative estimate of drug-likeness (QED) is 0.770. The summed E-state index contributed by atoms with van der Waals surface area (Å²) in [4.78, 5) is 39.5. The maximum absolute atomic E-state index is 12.3. The molecule has 0 atom stereocenters. The van der Waals surface area contributed by atoms with Gasteiger partial charge in [-0.2, -0.15) is 0 Å². The van der Waals surface area contributed by atoms with Crippen LogP contribution in [0.2, 0.25) is 0 Å². The molecule has 0 aliphatic carbocycles. The molecule has 2 heterocycles. The summed E-state index contributed by atoms with van der Waals surface area (Å²) in [5, 5.41) is 0. The number of anilines is 1. The summed E-state index contributed by atoms with van der Waals surface area (Å²) in [5.41, 5.74) is 0.546. The summed E-state index contributed by atoms with van der Waals surface area (Å²) in [6, 6.07) is 7.07. The Morgan fingerprint density at radius 2 is 1.88 bits per heavy atom. The number of hydrogen-bond donors (Lipinski definition) is 0. The smallest absolute Gasteiger partial charge is 0.326 e. The van der Waals surface area contributed by atoms with Gasteiger partial charge in [0.1, 0.15) is 12.3 Å². The second kappa shape index (κ2) is 8.00. The van der Waals surface area contributed by atoms with Crippen molar-refractivity contribution in [3.05, 3.63) is 24.3 Å². The van der Waals surface area contributed by atoms with Crippen LogP contribution in [-0.2, 0) is 19.1 Å². The van der Waals surface area contributed by atoms with Gasteiger partial charge in [0.05, 0.1) is 18.7 Å². The predicted molar refractivity (Wildman–Crippen MR) is 90.3 cm³/mol. The number of benzene rings is 1. The fraction of sp³-hybridized carbons (Fsp3) is 0.500. The van der Waals surface area contributed by atoms with Gasteiger partial charge in [0.15, 0.2) is 6.61 Å². The molecule has 0 saturated carbocycles. The first kappa shape index (κ1) is 17.3. The van der Waals surface area contributed by atoms with E-state index in [1.807, 2.05) is 6.07 Å². The lowest BCUT2D eigenvalue weighted by molar-refractivity contribution is -0.151. The first-order valence-corrected chi connectivity index (χ1v) is 8.61. The van der Waals surface area contributed by atoms with Gasteiger partial charge >= 0.3 is 5.97 Å². The SMILES string of the molecule is O=C(CN1C(=O)CCOc2ccccc21)OCC(=O)N1CCCCC1. The molecule has 1 aromatic rings. The van der Waals surface area contributed by atoms with E-state index in [-0.39, 0.29) is 38.0 Å². The van der Waals surface area contributed by atoms with E-state index in [0.29, 0.717) is 24.5 Å². The van der Waals surface area contributed by atoms with E-state index in [4.69, 9.17) is 9.47 Å². The molecule has 0 N–H and O–H groups in total. The minimum atomic E-state index is -0.601. The Labute approximate surface area is 146 Å². The van der Waals surface area contributed by atoms with Crippen molar-refractivity contribution < 1.29 is 23.9 Å². The number of ether oxygens (including phenoxy) is 2. The van der Waals surface area contributed by atoms with Gasteiger partial charge in [-0.1, -0.05) is 12.1 Å². The van der Waals surface area contributed by atoms with Crippen molar-refractivity contribution in [1.29, 1.82) is 0 Å². The molecule has 7 nitrogen and oxygen atoms in total. The monoisotopic (exact) mass is 346 g/mol. The third kappa shape index (κ3) is 4.29. The van der Waals surface area contributed by atoms with Crippen molar-refractivity contribution in [2.24, 2.45) is 0 Å². The first-order valence-electron chi connectivity index (χ1n) is 8.61. The zero-order valence-corrected chi connectivity index (χ0v) is 14.1. The molecule has 0 aromatic heterocycles. The molecule has 1 fully saturated rings. The Morgan fingerprint density at radius 3 is 2.68 bits per heavy atom. The van der Waals surface area contributed by atoms with Crippen LogP contribution in [0.25, 0.3) is 0 Å². The van der Waals surface area contributed by atoms with Gasteiger partial charge in [-0.25, -0.2) is 0 Å². The number of carbonyl (C=O) groups excluding carboxylic acids is 3. The highest BCUT2D eigenvalue weighted by molar-refractivity contribution is 5.99. The summed E-state index contributed by atoms with van der Waals surface area (Å²) < 4.78 is 10.6. The number of fused-ring (bicyclic) bond motifs is 1. The Balaban J connectivity index is 1.58. The fourth-order valence-electron chi connectivity index (χ4n) is 3.04. The zero-order chi connectivity index (χ0) is 17.6. The molecule has 3 rings (SSSR count). The van der Waals surface area contributed by atoms with Crippen LogP contribution in [-0.4, -0.2) is 55.5 Å². The highest BCUT2D eigenvalue weighted by Gasteiger charge is 2.26. The number of likely N-dealkylation sites (tertiary alicyclic amines) is 1. The Kier molecular flexibility index (Phi) is 5.53. The van der Waals surface area contributed by atoms with Crippen LogP contribution in [0.3, 0.4) is 0 Å². The molecule has 1 aromatic carbocycles. The fourth-order valence-corrected chi connectivity index (χ4v) is 3.04. The lowest BCUT2D eigenvalue weighted by Crippen LogP contribution is -2.40. The van der Waals surface area contributed by atoms with E-state index >= 15 is 0 Å². The van der Waals surface area contributed by atoms with Crippen molar-refractivity contribution >= 4 is 23.5 Å². The van der Waals surface area contributed by atoms with Gasteiger partial charge in [0.25, 0.3) is 5.91 Å². The minimum Gasteiger partial charge on any atom is -0.491 e. The predicted octanol–water partition coefficient (Wildman–Crippen LogP) is 1.36. The van der Waals surface area contributed by atoms with Gasteiger partial charge in [-0.15, -0.1) is 0 Å². The van der Waals surface area contributed by atoms with Gasteiger partial charge in [-0.05, 0) is 31.4 Å². The van der Waals surface area contributed by atoms with Crippen LogP contribution in [0.1, 0.15) is 25.7 Å². The second-order valence-electron chi connectivity index (χ2n) is 6.15. The van der Waals surface area contributed by atoms with Crippen molar-refractivity contribution in [2.45, 2.75) is 25.7 Å². The van der Waals surface area contributed by atoms with Crippen molar-refractivity contribution in [3.8, 4) is 5.75 Å². The molecule has 25 heavy (non-hydrogen) atoms. The number of piperidine rings is 1. The molecule has 0 bridgehead atoms. The average Bonchev–Trinajstić information content (AvgIpc) is 2.80. The molecule has 0 unspecified atom stereocenters. The maximum atomic E-state index is 12.3. The number of esters is 1. The van der Waals surface area contributed by atoms with Crippen molar-refractivity contribution in [2.75, 3.05) is 37.7 Å². The number of carbonyl (C=O) groups is 3. The summed E-state index contributed by atoms with van der Waals surface area (Å²) in [6.07, 6.45) is 3.29. The second-order valence-corrected chi connectivity index (χ2v) is 6.15. The van der Waals surface area contributed by atoms with Crippen molar-refractivity contribution in [1.82, 2.24) is 4.90 Å². The summed E-state index contributed by atoms with van der Waals surface area (Å²) in [6.45, 7) is 1.19. The third-order valence-corrected chi connectivity index (χ3v) is 4.38. The Morgan fingerprint density at radius 1 is 1.12 bits per heavy atom. The minimum absolute atomic E-state index is 0.182. The van der Waals surface area contributed by atoms with E-state index in [1.54, 1.807) is 23.1 Å². The molecule has 1 saturated heterocycles. The van der Waals surface area contributed by atoms with E-state index in [9.17, 15) is 14.4 Å². The Hall–Kier alpha value is -2.57. The van der Waals surface area contributed by atoms with Crippen LogP contribution in [0.15, 0.2) is 24.3 Å². The number of hydrogen-bond acceptors (Lipinski definition) is 5. The van der Waals surface area contributed by atoms with Gasteiger partial charge in [-0.3, -0.25) is 19.3 Å². The van der Waals surface area contributed by atoms with E-state index in [1.165, 1.54) is 4.90 Å². The zero-order valence-electron chi connectivity index (χ0n) is 14.1. The number of para-hydroxylation sites is 2. The molecule has 0 radical (unpaired) electrons. The lowest BCUT2D eigenvalue weighted by Gasteiger charge is -2.26. The molecular formula is C18H22N2O5. The summed E-state index contributed by atoms with van der Waals surface area (Å²) >= 11 is 0. The lowest BCUT2D eigenvalue weighted by atomic mass is 10.1. The third-order valence-electron chi connectivity index (χ3n) is 4.38. The van der Waals surface area contributed by atoms with Crippen molar-refractivity contribution in [3.63, 3.8) is 0 Å². The Bertz CT molecular complexity index is 655. The van der Waals surface area contributed by atoms with Crippen LogP contribution < -0.4 is 9.64 Å². The topological polar surface area (TPSA) is 76.1 Å². The van der Waals surface area contributed by atoms with Crippen LogP contribution in [0.4, 0.5) is 5.69 Å². The summed E-state index contributed by atoms with van der Waals surface area (Å²) in [7, 11) is 0. The molecule has 7 heteroatoms. The normalized spacial score (nSPS) is 17.4. The highest BCUT2D eigenvalue weighted by atomic mass is 16.5. The number of rotatable bonds is 4. The molecule has 2 aliphatic heterocycles. The largest absolute Gasteiger partial charge is 0.491 e. The van der Waals surface area contributed by atoms with E-state index in [0.717, 1.165) is 19.3 Å². The average molecular weight is 346 g/mol. The molecule has 134 valence electrons. The van der Waals surface area contributed by atoms with Crippen LogP contribution >= 0.6 is 0 Å². The molecule has 0 spiro atoms. The van der Waals surface area contributed by atoms with E-state index in [2.05, 4.69) is 0 Å². The standard InChI is InChI=1S/C18H22N2O5/c21-16-8-11-24-15-7-3-2-6-14(15)20(16)12-18(23)25-13-17(22)19-9-4-1-5-10-19/h2-3,6-7H,1,4-5,8-13H2.